The van der Waals surface area contributed by atoms with Crippen LogP contribution in [0.3, 0.4) is 0 Å². The van der Waals surface area contributed by atoms with Crippen molar-refractivity contribution in [3.63, 3.8) is 0 Å². The summed E-state index contributed by atoms with van der Waals surface area (Å²) < 4.78 is 25.4. The third kappa shape index (κ3) is 2.61. The Labute approximate surface area is 102 Å². The Kier molecular flexibility index (Phi) is 3.40. The lowest BCUT2D eigenvalue weighted by molar-refractivity contribution is 0.574. The predicted octanol–water partition coefficient (Wildman–Crippen LogP) is 1.64. The molecule has 4 nitrogen and oxygen atoms in total. The van der Waals surface area contributed by atoms with Crippen LogP contribution in [0.1, 0.15) is 31.4 Å². The molecule has 1 aliphatic heterocycles. The minimum Gasteiger partial charge on any atom is -0.324 e. The van der Waals surface area contributed by atoms with Gasteiger partial charge in [-0.1, -0.05) is 12.1 Å². The van der Waals surface area contributed by atoms with Crippen molar-refractivity contribution in [2.45, 2.75) is 25.8 Å². The van der Waals surface area contributed by atoms with Gasteiger partial charge < -0.3 is 5.73 Å². The summed E-state index contributed by atoms with van der Waals surface area (Å²) in [5.41, 5.74) is 7.51. The first-order valence-corrected chi connectivity index (χ1v) is 7.47. The molecule has 1 fully saturated rings. The van der Waals surface area contributed by atoms with Crippen LogP contribution >= 0.6 is 0 Å². The highest BCUT2D eigenvalue weighted by Crippen LogP contribution is 2.25. The fraction of sp³-hybridized carbons (Fsp3) is 0.500. The van der Waals surface area contributed by atoms with Gasteiger partial charge in [-0.15, -0.1) is 0 Å². The van der Waals surface area contributed by atoms with Crippen LogP contribution in [-0.2, 0) is 10.0 Å². The third-order valence-corrected chi connectivity index (χ3v) is 4.90. The van der Waals surface area contributed by atoms with E-state index < -0.39 is 10.0 Å². The van der Waals surface area contributed by atoms with Gasteiger partial charge in [0, 0.05) is 12.6 Å². The minimum atomic E-state index is -3.13. The van der Waals surface area contributed by atoms with Crippen LogP contribution < -0.4 is 10.0 Å². The molecule has 17 heavy (non-hydrogen) atoms. The zero-order chi connectivity index (χ0) is 12.5. The van der Waals surface area contributed by atoms with Crippen LogP contribution in [-0.4, -0.2) is 20.7 Å². The minimum absolute atomic E-state index is 0.0811. The maximum absolute atomic E-state index is 12.0. The third-order valence-electron chi connectivity index (χ3n) is 3.03. The molecular formula is C12H18N2O2S. The number of benzene rings is 1. The van der Waals surface area contributed by atoms with Crippen molar-refractivity contribution in [2.75, 3.05) is 16.6 Å². The first-order valence-electron chi connectivity index (χ1n) is 5.87. The molecular weight excluding hydrogens is 236 g/mol. The van der Waals surface area contributed by atoms with Gasteiger partial charge >= 0.3 is 0 Å². The molecule has 1 atom stereocenters. The van der Waals surface area contributed by atoms with Gasteiger partial charge in [0.25, 0.3) is 0 Å². The van der Waals surface area contributed by atoms with E-state index in [9.17, 15) is 8.42 Å². The summed E-state index contributed by atoms with van der Waals surface area (Å²) in [4.78, 5) is 0. The summed E-state index contributed by atoms with van der Waals surface area (Å²) in [6.45, 7) is 2.47. The second-order valence-electron chi connectivity index (χ2n) is 4.48. The molecule has 0 saturated carbocycles. The molecule has 1 saturated heterocycles. The molecule has 0 radical (unpaired) electrons. The van der Waals surface area contributed by atoms with Crippen molar-refractivity contribution in [1.82, 2.24) is 0 Å². The fourth-order valence-electron chi connectivity index (χ4n) is 2.04. The monoisotopic (exact) mass is 254 g/mol. The van der Waals surface area contributed by atoms with E-state index >= 15 is 0 Å². The molecule has 5 heteroatoms. The first-order chi connectivity index (χ1) is 8.00. The van der Waals surface area contributed by atoms with Crippen LogP contribution in [0, 0.1) is 0 Å². The molecule has 94 valence electrons. The maximum Gasteiger partial charge on any atom is 0.235 e. The lowest BCUT2D eigenvalue weighted by Crippen LogP contribution is -2.37. The van der Waals surface area contributed by atoms with Gasteiger partial charge in [0.1, 0.15) is 0 Å². The van der Waals surface area contributed by atoms with E-state index in [1.54, 1.807) is 0 Å². The van der Waals surface area contributed by atoms with Crippen LogP contribution in [0.2, 0.25) is 0 Å². The van der Waals surface area contributed by atoms with Gasteiger partial charge in [-0.3, -0.25) is 4.31 Å². The summed E-state index contributed by atoms with van der Waals surface area (Å²) in [7, 11) is -3.13. The molecule has 0 spiro atoms. The zero-order valence-electron chi connectivity index (χ0n) is 9.96. The SMILES string of the molecule is CC(N)c1cccc(N2CCCCS2(=O)=O)c1. The average molecular weight is 254 g/mol. The molecule has 0 bridgehead atoms. The van der Waals surface area contributed by atoms with E-state index in [4.69, 9.17) is 5.73 Å². The van der Waals surface area contributed by atoms with Gasteiger partial charge in [0.2, 0.25) is 10.0 Å². The van der Waals surface area contributed by atoms with E-state index in [0.29, 0.717) is 6.54 Å². The number of hydrogen-bond donors (Lipinski definition) is 1. The highest BCUT2D eigenvalue weighted by Gasteiger charge is 2.26. The number of hydrogen-bond acceptors (Lipinski definition) is 3. The van der Waals surface area contributed by atoms with Gasteiger partial charge in [-0.25, -0.2) is 8.42 Å². The van der Waals surface area contributed by atoms with Crippen molar-refractivity contribution >= 4 is 15.7 Å². The zero-order valence-corrected chi connectivity index (χ0v) is 10.8. The van der Waals surface area contributed by atoms with E-state index in [1.165, 1.54) is 4.31 Å². The lowest BCUT2D eigenvalue weighted by atomic mass is 10.1. The molecule has 0 amide bonds. The van der Waals surface area contributed by atoms with Gasteiger partial charge in [0.15, 0.2) is 0 Å². The predicted molar refractivity (Wildman–Crippen MR) is 69.4 cm³/mol. The highest BCUT2D eigenvalue weighted by atomic mass is 32.2. The van der Waals surface area contributed by atoms with Crippen molar-refractivity contribution in [3.05, 3.63) is 29.8 Å². The molecule has 1 aromatic rings. The molecule has 1 unspecified atom stereocenters. The number of sulfonamides is 1. The Hall–Kier alpha value is -1.07. The second-order valence-corrected chi connectivity index (χ2v) is 6.49. The van der Waals surface area contributed by atoms with Crippen molar-refractivity contribution in [1.29, 1.82) is 0 Å². The molecule has 1 heterocycles. The maximum atomic E-state index is 12.0. The standard InChI is InChI=1S/C12H18N2O2S/c1-10(13)11-5-4-6-12(9-11)14-7-2-3-8-17(14,15)16/h4-6,9-10H,2-3,7-8,13H2,1H3. The summed E-state index contributed by atoms with van der Waals surface area (Å²) in [5, 5.41) is 0. The Morgan fingerprint density at radius 2 is 2.12 bits per heavy atom. The summed E-state index contributed by atoms with van der Waals surface area (Å²) in [6.07, 6.45) is 1.67. The first kappa shape index (κ1) is 12.4. The molecule has 2 rings (SSSR count). The normalized spacial score (nSPS) is 21.2. The molecule has 1 aromatic carbocycles. The van der Waals surface area contributed by atoms with E-state index in [-0.39, 0.29) is 11.8 Å². The fourth-order valence-corrected chi connectivity index (χ4v) is 3.67. The second kappa shape index (κ2) is 4.66. The van der Waals surface area contributed by atoms with E-state index in [1.807, 2.05) is 31.2 Å². The summed E-state index contributed by atoms with van der Waals surface area (Å²) in [6, 6.07) is 7.40. The Balaban J connectivity index is 2.36. The topological polar surface area (TPSA) is 63.4 Å². The van der Waals surface area contributed by atoms with Crippen molar-refractivity contribution < 1.29 is 8.42 Å². The quantitative estimate of drug-likeness (QED) is 0.872. The van der Waals surface area contributed by atoms with Gasteiger partial charge in [-0.05, 0) is 37.5 Å². The van der Waals surface area contributed by atoms with Crippen molar-refractivity contribution in [3.8, 4) is 0 Å². The Morgan fingerprint density at radius 3 is 2.76 bits per heavy atom. The van der Waals surface area contributed by atoms with Crippen molar-refractivity contribution in [2.24, 2.45) is 5.73 Å². The van der Waals surface area contributed by atoms with Gasteiger partial charge in [-0.2, -0.15) is 0 Å². The number of anilines is 1. The largest absolute Gasteiger partial charge is 0.324 e. The number of rotatable bonds is 2. The number of nitrogens with two attached hydrogens (primary N) is 1. The number of nitrogens with zero attached hydrogens (tertiary/aromatic N) is 1. The smallest absolute Gasteiger partial charge is 0.235 e. The highest BCUT2D eigenvalue weighted by molar-refractivity contribution is 7.92. The molecule has 0 aromatic heterocycles. The summed E-state index contributed by atoms with van der Waals surface area (Å²) in [5.74, 6) is 0.245. The average Bonchev–Trinajstić information content (AvgIpc) is 2.28. The van der Waals surface area contributed by atoms with Gasteiger partial charge in [0.05, 0.1) is 11.4 Å². The Bertz CT molecular complexity index is 497. The molecule has 1 aliphatic rings. The van der Waals surface area contributed by atoms with E-state index in [0.717, 1.165) is 24.1 Å². The van der Waals surface area contributed by atoms with Crippen LogP contribution in [0.25, 0.3) is 0 Å². The van der Waals surface area contributed by atoms with Crippen LogP contribution in [0.15, 0.2) is 24.3 Å². The lowest BCUT2D eigenvalue weighted by Gasteiger charge is -2.28. The molecule has 2 N–H and O–H groups in total. The van der Waals surface area contributed by atoms with Crippen LogP contribution in [0.5, 0.6) is 0 Å². The van der Waals surface area contributed by atoms with E-state index in [2.05, 4.69) is 0 Å². The summed E-state index contributed by atoms with van der Waals surface area (Å²) >= 11 is 0. The Morgan fingerprint density at radius 1 is 1.35 bits per heavy atom. The van der Waals surface area contributed by atoms with Crippen LogP contribution in [0.4, 0.5) is 5.69 Å². The molecule has 0 aliphatic carbocycles.